The second kappa shape index (κ2) is 5.79. The van der Waals surface area contributed by atoms with Crippen LogP contribution in [0, 0.1) is 5.82 Å². The Balaban J connectivity index is 1.99. The summed E-state index contributed by atoms with van der Waals surface area (Å²) in [5.41, 5.74) is 0.405. The summed E-state index contributed by atoms with van der Waals surface area (Å²) in [5.74, 6) is -1.98. The van der Waals surface area contributed by atoms with Crippen LogP contribution in [0.2, 0.25) is 0 Å². The van der Waals surface area contributed by atoms with Gasteiger partial charge in [-0.05, 0) is 23.8 Å². The van der Waals surface area contributed by atoms with Crippen molar-refractivity contribution >= 4 is 23.8 Å². The van der Waals surface area contributed by atoms with E-state index in [4.69, 9.17) is 5.11 Å². The third-order valence-corrected chi connectivity index (χ3v) is 2.34. The minimum Gasteiger partial charge on any atom is -0.477 e. The molecule has 3 N–H and O–H groups in total. The van der Waals surface area contributed by atoms with Crippen molar-refractivity contribution in [1.29, 1.82) is 0 Å². The Bertz CT molecular complexity index is 679. The highest BCUT2D eigenvalue weighted by Crippen LogP contribution is 2.07. The topological polar surface area (TPSA) is 95.1 Å². The highest BCUT2D eigenvalue weighted by Gasteiger charge is 2.08. The lowest BCUT2D eigenvalue weighted by atomic mass is 10.2. The molecule has 0 atom stereocenters. The smallest absolute Gasteiger partial charge is 0.353 e. The lowest BCUT2D eigenvalue weighted by molar-refractivity contribution is -0.111. The number of hydrogen-bond donors (Lipinski definition) is 3. The van der Waals surface area contributed by atoms with E-state index in [1.807, 2.05) is 0 Å². The molecule has 2 aromatic rings. The number of H-pyrrole nitrogens is 1. The predicted molar refractivity (Wildman–Crippen MR) is 69.6 cm³/mol. The third-order valence-electron chi connectivity index (χ3n) is 2.34. The maximum absolute atomic E-state index is 12.9. The standard InChI is InChI=1S/C13H10FN3O3/c14-9-3-1-2-8(6-9)4-5-12(18)15-11-7-10(13(19)20)16-17-11/h1-7H,(H,19,20)(H2,15,16,17,18). The number of carbonyl (C=O) groups is 2. The second-order valence-corrected chi connectivity index (χ2v) is 3.85. The number of hydrogen-bond acceptors (Lipinski definition) is 3. The van der Waals surface area contributed by atoms with E-state index in [1.165, 1.54) is 36.4 Å². The van der Waals surface area contributed by atoms with Gasteiger partial charge in [0.2, 0.25) is 5.91 Å². The summed E-state index contributed by atoms with van der Waals surface area (Å²) in [6.45, 7) is 0. The molecule has 20 heavy (non-hydrogen) atoms. The van der Waals surface area contributed by atoms with E-state index in [0.29, 0.717) is 5.56 Å². The fourth-order valence-corrected chi connectivity index (χ4v) is 1.45. The molecule has 0 unspecified atom stereocenters. The van der Waals surface area contributed by atoms with Gasteiger partial charge in [0, 0.05) is 12.1 Å². The molecule has 0 fully saturated rings. The van der Waals surface area contributed by atoms with Crippen LogP contribution in [-0.2, 0) is 4.79 Å². The number of anilines is 1. The monoisotopic (exact) mass is 275 g/mol. The lowest BCUT2D eigenvalue weighted by Crippen LogP contribution is -2.07. The Morgan fingerprint density at radius 3 is 2.80 bits per heavy atom. The Morgan fingerprint density at radius 2 is 2.15 bits per heavy atom. The number of aromatic amines is 1. The average Bonchev–Trinajstić information content (AvgIpc) is 2.85. The minimum atomic E-state index is -1.17. The van der Waals surface area contributed by atoms with Gasteiger partial charge in [-0.3, -0.25) is 9.89 Å². The number of aromatic nitrogens is 2. The summed E-state index contributed by atoms with van der Waals surface area (Å²) in [6, 6.07) is 6.94. The van der Waals surface area contributed by atoms with Crippen LogP contribution in [0.5, 0.6) is 0 Å². The Kier molecular flexibility index (Phi) is 3.90. The molecular weight excluding hydrogens is 265 g/mol. The molecule has 0 saturated heterocycles. The van der Waals surface area contributed by atoms with Crippen LogP contribution >= 0.6 is 0 Å². The highest BCUT2D eigenvalue weighted by atomic mass is 19.1. The van der Waals surface area contributed by atoms with Gasteiger partial charge in [0.1, 0.15) is 11.5 Å². The highest BCUT2D eigenvalue weighted by molar-refractivity contribution is 6.01. The first-order valence-electron chi connectivity index (χ1n) is 5.58. The van der Waals surface area contributed by atoms with Crippen molar-refractivity contribution in [1.82, 2.24) is 10.2 Å². The van der Waals surface area contributed by atoms with Gasteiger partial charge >= 0.3 is 5.97 Å². The van der Waals surface area contributed by atoms with Gasteiger partial charge in [-0.15, -0.1) is 0 Å². The van der Waals surface area contributed by atoms with Gasteiger partial charge < -0.3 is 10.4 Å². The van der Waals surface area contributed by atoms with Crippen LogP contribution in [0.3, 0.4) is 0 Å². The van der Waals surface area contributed by atoms with Crippen molar-refractivity contribution in [2.45, 2.75) is 0 Å². The molecule has 1 aromatic carbocycles. The molecular formula is C13H10FN3O3. The van der Waals surface area contributed by atoms with Gasteiger partial charge in [0.05, 0.1) is 0 Å². The molecule has 1 amide bonds. The summed E-state index contributed by atoms with van der Waals surface area (Å²) >= 11 is 0. The quantitative estimate of drug-likeness (QED) is 0.742. The molecule has 102 valence electrons. The maximum atomic E-state index is 12.9. The van der Waals surface area contributed by atoms with E-state index in [9.17, 15) is 14.0 Å². The van der Waals surface area contributed by atoms with Crippen LogP contribution in [-0.4, -0.2) is 27.2 Å². The molecule has 0 saturated carbocycles. The minimum absolute atomic E-state index is 0.0938. The number of carboxylic acids is 1. The number of benzene rings is 1. The van der Waals surface area contributed by atoms with Gasteiger partial charge in [-0.1, -0.05) is 12.1 Å². The van der Waals surface area contributed by atoms with Crippen molar-refractivity contribution in [2.24, 2.45) is 0 Å². The van der Waals surface area contributed by atoms with Crippen molar-refractivity contribution in [3.8, 4) is 0 Å². The van der Waals surface area contributed by atoms with Crippen LogP contribution < -0.4 is 5.32 Å². The fourth-order valence-electron chi connectivity index (χ4n) is 1.45. The van der Waals surface area contributed by atoms with Gasteiger partial charge in [0.25, 0.3) is 0 Å². The van der Waals surface area contributed by atoms with Crippen molar-refractivity contribution in [3.05, 3.63) is 53.5 Å². The predicted octanol–water partition coefficient (Wildman–Crippen LogP) is 1.90. The van der Waals surface area contributed by atoms with Crippen molar-refractivity contribution < 1.29 is 19.1 Å². The van der Waals surface area contributed by atoms with E-state index in [0.717, 1.165) is 0 Å². The number of aromatic carboxylic acids is 1. The fraction of sp³-hybridized carbons (Fsp3) is 0. The van der Waals surface area contributed by atoms with Crippen molar-refractivity contribution in [2.75, 3.05) is 5.32 Å². The number of carboxylic acid groups (broad SMARTS) is 1. The van der Waals surface area contributed by atoms with E-state index in [1.54, 1.807) is 6.07 Å². The first-order chi connectivity index (χ1) is 9.54. The number of carbonyl (C=O) groups excluding carboxylic acids is 1. The Morgan fingerprint density at radius 1 is 1.35 bits per heavy atom. The number of nitrogens with one attached hydrogen (secondary N) is 2. The number of nitrogens with zero attached hydrogens (tertiary/aromatic N) is 1. The third kappa shape index (κ3) is 3.52. The summed E-state index contributed by atoms with van der Waals surface area (Å²) in [4.78, 5) is 22.2. The van der Waals surface area contributed by atoms with E-state index in [-0.39, 0.29) is 11.5 Å². The van der Waals surface area contributed by atoms with E-state index < -0.39 is 17.7 Å². The normalized spacial score (nSPS) is 10.7. The maximum Gasteiger partial charge on any atom is 0.353 e. The Labute approximate surface area is 112 Å². The van der Waals surface area contributed by atoms with Gasteiger partial charge in [-0.25, -0.2) is 9.18 Å². The van der Waals surface area contributed by atoms with Crippen LogP contribution in [0.15, 0.2) is 36.4 Å². The number of rotatable bonds is 4. The molecule has 1 heterocycles. The largest absolute Gasteiger partial charge is 0.477 e. The summed E-state index contributed by atoms with van der Waals surface area (Å²) < 4.78 is 12.9. The Hall–Kier alpha value is -2.96. The van der Waals surface area contributed by atoms with Gasteiger partial charge in [0.15, 0.2) is 5.82 Å². The van der Waals surface area contributed by atoms with Gasteiger partial charge in [-0.2, -0.15) is 5.10 Å². The molecule has 1 aromatic heterocycles. The molecule has 0 aliphatic rings. The number of halogens is 1. The molecule has 0 radical (unpaired) electrons. The van der Waals surface area contributed by atoms with E-state index >= 15 is 0 Å². The second-order valence-electron chi connectivity index (χ2n) is 3.85. The summed E-state index contributed by atoms with van der Waals surface area (Å²) in [5, 5.41) is 16.9. The van der Waals surface area contributed by atoms with Crippen LogP contribution in [0.25, 0.3) is 6.08 Å². The molecule has 0 spiro atoms. The van der Waals surface area contributed by atoms with Crippen LogP contribution in [0.4, 0.5) is 10.2 Å². The van der Waals surface area contributed by atoms with Crippen LogP contribution in [0.1, 0.15) is 16.1 Å². The zero-order chi connectivity index (χ0) is 14.5. The van der Waals surface area contributed by atoms with E-state index in [2.05, 4.69) is 15.5 Å². The first-order valence-corrected chi connectivity index (χ1v) is 5.58. The summed E-state index contributed by atoms with van der Waals surface area (Å²) in [7, 11) is 0. The first kappa shape index (κ1) is 13.5. The molecule has 7 heteroatoms. The molecule has 2 rings (SSSR count). The summed E-state index contributed by atoms with van der Waals surface area (Å²) in [6.07, 6.45) is 2.63. The van der Waals surface area contributed by atoms with Crippen molar-refractivity contribution in [3.63, 3.8) is 0 Å². The number of amides is 1. The molecule has 0 aliphatic carbocycles. The molecule has 0 aliphatic heterocycles. The zero-order valence-electron chi connectivity index (χ0n) is 10.1. The lowest BCUT2D eigenvalue weighted by Gasteiger charge is -1.96. The zero-order valence-corrected chi connectivity index (χ0v) is 10.1. The average molecular weight is 275 g/mol. The molecule has 0 bridgehead atoms. The SMILES string of the molecule is O=C(C=Cc1cccc(F)c1)Nc1cc(C(=O)O)[nH]n1. The molecule has 6 nitrogen and oxygen atoms in total.